The number of carbonyl (C=O) groups is 1. The Labute approximate surface area is 286 Å². The number of piperidine rings is 1. The number of nitrogens with two attached hydrogens (primary N) is 1. The Kier molecular flexibility index (Phi) is 9.30. The van der Waals surface area contributed by atoms with Crippen LogP contribution in [-0.2, 0) is 24.4 Å². The van der Waals surface area contributed by atoms with Crippen LogP contribution >= 0.6 is 23.2 Å². The molecular weight excluding hydrogens is 629 g/mol. The van der Waals surface area contributed by atoms with Gasteiger partial charge in [0.05, 0.1) is 17.2 Å². The molecule has 3 fully saturated rings. The van der Waals surface area contributed by atoms with E-state index in [9.17, 15) is 10.1 Å². The second kappa shape index (κ2) is 13.6. The number of hydrogen-bond donors (Lipinski definition) is 3. The second-order valence-corrected chi connectivity index (χ2v) is 14.2. The summed E-state index contributed by atoms with van der Waals surface area (Å²) in [6, 6.07) is 23.6. The van der Waals surface area contributed by atoms with E-state index >= 15 is 0 Å². The molecule has 1 aromatic heterocycles. The van der Waals surface area contributed by atoms with E-state index in [1.54, 1.807) is 0 Å². The zero-order valence-electron chi connectivity index (χ0n) is 26.5. The summed E-state index contributed by atoms with van der Waals surface area (Å²) >= 11 is 13.0. The molecule has 10 heteroatoms. The average Bonchev–Trinajstić information content (AvgIpc) is 3.78. The maximum Gasteiger partial charge on any atom is 0.240 e. The van der Waals surface area contributed by atoms with Gasteiger partial charge in [-0.05, 0) is 86.3 Å². The largest absolute Gasteiger partial charge is 0.354 e. The topological polar surface area (TPSA) is 102 Å². The van der Waals surface area contributed by atoms with Gasteiger partial charge in [-0.25, -0.2) is 0 Å². The van der Waals surface area contributed by atoms with Gasteiger partial charge in [0.15, 0.2) is 0 Å². The van der Waals surface area contributed by atoms with Gasteiger partial charge in [-0.1, -0.05) is 47.5 Å². The van der Waals surface area contributed by atoms with Gasteiger partial charge in [0.25, 0.3) is 0 Å². The highest BCUT2D eigenvalue weighted by atomic mass is 35.5. The van der Waals surface area contributed by atoms with Crippen molar-refractivity contribution < 1.29 is 4.79 Å². The van der Waals surface area contributed by atoms with Gasteiger partial charge in [-0.2, -0.15) is 5.26 Å². The molecule has 3 aliphatic heterocycles. The third kappa shape index (κ3) is 6.66. The normalized spacial score (nSPS) is 20.9. The van der Waals surface area contributed by atoms with E-state index in [1.165, 1.54) is 16.5 Å². The molecule has 4 heterocycles. The standard InChI is InChI=1S/C37H41Cl2N7O/c38-33-3-1-4-34(39)32(33)24-46-22-28-18-29(46)21-45(28)20-26-7-10-35-30(17-26)31(27-8-5-25(19-40)6-9-27)23-44(35)16-2-13-43-36(47)37(41)11-14-42-15-12-37/h1,3-10,17,23,28-29,42H,2,11-16,18,20-22,24,41H2,(H,43,47). The summed E-state index contributed by atoms with van der Waals surface area (Å²) in [6.07, 6.45) is 5.49. The highest BCUT2D eigenvalue weighted by molar-refractivity contribution is 6.36. The number of hydrogen-bond acceptors (Lipinski definition) is 6. The first kappa shape index (κ1) is 32.1. The van der Waals surface area contributed by atoms with Crippen LogP contribution in [0.25, 0.3) is 22.0 Å². The first-order valence-electron chi connectivity index (χ1n) is 16.6. The molecule has 7 rings (SSSR count). The molecule has 2 atom stereocenters. The molecule has 4 N–H and O–H groups in total. The molecular formula is C37H41Cl2N7O. The Balaban J connectivity index is 1.05. The highest BCUT2D eigenvalue weighted by Gasteiger charge is 2.43. The van der Waals surface area contributed by atoms with Crippen LogP contribution in [0.1, 0.15) is 42.4 Å². The fourth-order valence-electron chi connectivity index (χ4n) is 7.65. The molecule has 3 saturated heterocycles. The van der Waals surface area contributed by atoms with Crippen molar-refractivity contribution in [1.82, 2.24) is 25.0 Å². The molecule has 4 aromatic rings. The number of amides is 1. The zero-order chi connectivity index (χ0) is 32.5. The van der Waals surface area contributed by atoms with Gasteiger partial charge >= 0.3 is 0 Å². The lowest BCUT2D eigenvalue weighted by Gasteiger charge is -2.34. The number of rotatable bonds is 10. The van der Waals surface area contributed by atoms with E-state index in [-0.39, 0.29) is 5.91 Å². The highest BCUT2D eigenvalue weighted by Crippen LogP contribution is 2.37. The van der Waals surface area contributed by atoms with Gasteiger partial charge in [0.1, 0.15) is 0 Å². The number of piperazine rings is 1. The van der Waals surface area contributed by atoms with Crippen molar-refractivity contribution in [3.05, 3.63) is 93.6 Å². The lowest BCUT2D eigenvalue weighted by atomic mass is 9.88. The van der Waals surface area contributed by atoms with Crippen LogP contribution in [0.15, 0.2) is 66.9 Å². The van der Waals surface area contributed by atoms with E-state index in [4.69, 9.17) is 28.9 Å². The number of nitriles is 1. The lowest BCUT2D eigenvalue weighted by molar-refractivity contribution is -0.127. The van der Waals surface area contributed by atoms with Crippen LogP contribution in [0.4, 0.5) is 0 Å². The summed E-state index contributed by atoms with van der Waals surface area (Å²) in [4.78, 5) is 18.0. The Morgan fingerprint density at radius 3 is 2.38 bits per heavy atom. The molecule has 0 saturated carbocycles. The van der Waals surface area contributed by atoms with Crippen LogP contribution in [0.3, 0.4) is 0 Å². The monoisotopic (exact) mass is 669 g/mol. The van der Waals surface area contributed by atoms with Crippen molar-refractivity contribution in [3.8, 4) is 17.2 Å². The van der Waals surface area contributed by atoms with Gasteiger partial charge in [0.2, 0.25) is 5.91 Å². The first-order chi connectivity index (χ1) is 22.8. The quantitative estimate of drug-likeness (QED) is 0.192. The maximum absolute atomic E-state index is 12.8. The van der Waals surface area contributed by atoms with E-state index in [2.05, 4.69) is 55.5 Å². The van der Waals surface area contributed by atoms with E-state index in [1.807, 2.05) is 42.5 Å². The molecule has 3 aromatic carbocycles. The maximum atomic E-state index is 12.8. The fraction of sp³-hybridized carbons (Fsp3) is 0.405. The zero-order valence-corrected chi connectivity index (χ0v) is 28.0. The average molecular weight is 671 g/mol. The number of likely N-dealkylation sites (tertiary alicyclic amines) is 2. The van der Waals surface area contributed by atoms with Crippen molar-refractivity contribution in [2.45, 2.75) is 62.9 Å². The number of aryl methyl sites for hydroxylation is 1. The number of nitrogens with one attached hydrogen (secondary N) is 2. The number of halogens is 2. The second-order valence-electron chi connectivity index (χ2n) is 13.4. The van der Waals surface area contributed by atoms with Crippen LogP contribution < -0.4 is 16.4 Å². The molecule has 8 nitrogen and oxygen atoms in total. The molecule has 0 aliphatic carbocycles. The summed E-state index contributed by atoms with van der Waals surface area (Å²) in [5.74, 6) is -0.0503. The fourth-order valence-corrected chi connectivity index (χ4v) is 8.17. The minimum atomic E-state index is -0.777. The summed E-state index contributed by atoms with van der Waals surface area (Å²) in [7, 11) is 0. The molecule has 2 bridgehead atoms. The molecule has 0 radical (unpaired) electrons. The summed E-state index contributed by atoms with van der Waals surface area (Å²) in [5.41, 5.74) is 12.0. The van der Waals surface area contributed by atoms with Crippen LogP contribution in [0.2, 0.25) is 10.0 Å². The number of fused-ring (bicyclic) bond motifs is 3. The van der Waals surface area contributed by atoms with Crippen molar-refractivity contribution in [3.63, 3.8) is 0 Å². The SMILES string of the molecule is N#Cc1ccc(-c2cn(CCCNC(=O)C3(N)CCNCC3)c3ccc(CN4CC5CC4CN5Cc4c(Cl)cccc4Cl)cc23)cc1. The Morgan fingerprint density at radius 1 is 1.00 bits per heavy atom. The summed E-state index contributed by atoms with van der Waals surface area (Å²) < 4.78 is 2.29. The summed E-state index contributed by atoms with van der Waals surface area (Å²) in [5, 5.41) is 18.4. The number of benzene rings is 3. The van der Waals surface area contributed by atoms with Crippen LogP contribution in [0, 0.1) is 11.3 Å². The Hall–Kier alpha value is -3.42. The smallest absolute Gasteiger partial charge is 0.240 e. The number of aromatic nitrogens is 1. The van der Waals surface area contributed by atoms with Crippen molar-refractivity contribution >= 4 is 40.0 Å². The van der Waals surface area contributed by atoms with Crippen molar-refractivity contribution in [2.75, 3.05) is 32.7 Å². The molecule has 0 spiro atoms. The van der Waals surface area contributed by atoms with Crippen LogP contribution in [-0.4, -0.2) is 70.6 Å². The molecule has 244 valence electrons. The molecule has 1 amide bonds. The van der Waals surface area contributed by atoms with Gasteiger partial charge < -0.3 is 20.9 Å². The Bertz CT molecular complexity index is 1790. The predicted octanol–water partition coefficient (Wildman–Crippen LogP) is 5.53. The Morgan fingerprint density at radius 2 is 1.70 bits per heavy atom. The molecule has 3 aliphatic rings. The van der Waals surface area contributed by atoms with Gasteiger partial charge in [0, 0.05) is 89.6 Å². The summed E-state index contributed by atoms with van der Waals surface area (Å²) in [6.45, 7) is 6.62. The molecule has 2 unspecified atom stereocenters. The van der Waals surface area contributed by atoms with Gasteiger partial charge in [-0.15, -0.1) is 0 Å². The third-order valence-electron chi connectivity index (χ3n) is 10.4. The third-order valence-corrected chi connectivity index (χ3v) is 11.1. The van der Waals surface area contributed by atoms with Crippen LogP contribution in [0.5, 0.6) is 0 Å². The lowest BCUT2D eigenvalue weighted by Crippen LogP contribution is -2.59. The van der Waals surface area contributed by atoms with Crippen molar-refractivity contribution in [2.24, 2.45) is 5.73 Å². The van der Waals surface area contributed by atoms with E-state index in [0.717, 1.165) is 85.4 Å². The van der Waals surface area contributed by atoms with E-state index in [0.29, 0.717) is 37.0 Å². The van der Waals surface area contributed by atoms with E-state index < -0.39 is 5.54 Å². The predicted molar refractivity (Wildman–Crippen MR) is 188 cm³/mol. The minimum Gasteiger partial charge on any atom is -0.354 e. The number of nitrogens with zero attached hydrogens (tertiary/aromatic N) is 4. The van der Waals surface area contributed by atoms with Gasteiger partial charge in [-0.3, -0.25) is 14.6 Å². The van der Waals surface area contributed by atoms with Crippen molar-refractivity contribution in [1.29, 1.82) is 5.26 Å². The molecule has 47 heavy (non-hydrogen) atoms. The first-order valence-corrected chi connectivity index (χ1v) is 17.4. The minimum absolute atomic E-state index is 0.0503. The number of carbonyl (C=O) groups excluding carboxylic acids is 1.